The standard InChI is InChI=1S/C19H25ClN4O2S/c1-11-6-4-5-7-15(11)21-18(25)12(2)27-19-22-17(23-24-19)14-10-13(20)8-9-16(14)26-3/h8-12,15H,4-7H2,1-3H3,(H,21,25)(H,22,23,24)/t11-,12-,15+/m1/s1. The van der Waals surface area contributed by atoms with Crippen LogP contribution in [0.1, 0.15) is 39.5 Å². The number of benzene rings is 1. The SMILES string of the molecule is COc1ccc(Cl)cc1-c1nc(S[C@H](C)C(=O)N[C@H]2CCCC[C@H]2C)n[nH]1. The van der Waals surface area contributed by atoms with E-state index in [2.05, 4.69) is 27.4 Å². The summed E-state index contributed by atoms with van der Waals surface area (Å²) in [5.74, 6) is 1.78. The molecule has 1 aliphatic carbocycles. The third kappa shape index (κ3) is 4.96. The van der Waals surface area contributed by atoms with Gasteiger partial charge >= 0.3 is 0 Å². The molecule has 0 unspecified atom stereocenters. The molecular weight excluding hydrogens is 384 g/mol. The van der Waals surface area contributed by atoms with Gasteiger partial charge in [0, 0.05) is 11.1 Å². The highest BCUT2D eigenvalue weighted by atomic mass is 35.5. The lowest BCUT2D eigenvalue weighted by molar-refractivity contribution is -0.121. The molecule has 146 valence electrons. The summed E-state index contributed by atoms with van der Waals surface area (Å²) in [6.45, 7) is 4.09. The molecule has 0 bridgehead atoms. The Morgan fingerprint density at radius 3 is 2.93 bits per heavy atom. The number of aromatic amines is 1. The van der Waals surface area contributed by atoms with Gasteiger partial charge in [0.25, 0.3) is 0 Å². The number of rotatable bonds is 6. The number of nitrogens with zero attached hydrogens (tertiary/aromatic N) is 2. The van der Waals surface area contributed by atoms with Crippen molar-refractivity contribution in [2.24, 2.45) is 5.92 Å². The molecule has 27 heavy (non-hydrogen) atoms. The van der Waals surface area contributed by atoms with Gasteiger partial charge in [-0.1, -0.05) is 43.1 Å². The quantitative estimate of drug-likeness (QED) is 0.696. The molecule has 3 atom stereocenters. The molecule has 3 rings (SSSR count). The molecule has 0 saturated heterocycles. The zero-order chi connectivity index (χ0) is 19.4. The number of carbonyl (C=O) groups excluding carboxylic acids is 1. The number of carbonyl (C=O) groups is 1. The van der Waals surface area contributed by atoms with Gasteiger partial charge in [0.1, 0.15) is 5.75 Å². The first-order valence-electron chi connectivity index (χ1n) is 9.21. The fourth-order valence-electron chi connectivity index (χ4n) is 3.33. The van der Waals surface area contributed by atoms with Crippen molar-refractivity contribution >= 4 is 29.3 Å². The zero-order valence-corrected chi connectivity index (χ0v) is 17.4. The minimum Gasteiger partial charge on any atom is -0.496 e. The van der Waals surface area contributed by atoms with Crippen LogP contribution in [0.2, 0.25) is 5.02 Å². The molecule has 1 aliphatic rings. The summed E-state index contributed by atoms with van der Waals surface area (Å²) in [6.07, 6.45) is 4.68. The van der Waals surface area contributed by atoms with Crippen molar-refractivity contribution in [1.82, 2.24) is 20.5 Å². The Kier molecular flexibility index (Phi) is 6.65. The summed E-state index contributed by atoms with van der Waals surface area (Å²) in [7, 11) is 1.59. The average molecular weight is 409 g/mol. The Morgan fingerprint density at radius 1 is 1.41 bits per heavy atom. The van der Waals surface area contributed by atoms with E-state index in [1.807, 2.05) is 6.92 Å². The number of hydrogen-bond acceptors (Lipinski definition) is 5. The number of hydrogen-bond donors (Lipinski definition) is 2. The van der Waals surface area contributed by atoms with Crippen molar-refractivity contribution < 1.29 is 9.53 Å². The fraction of sp³-hybridized carbons (Fsp3) is 0.526. The zero-order valence-electron chi connectivity index (χ0n) is 15.8. The second-order valence-electron chi connectivity index (χ2n) is 6.95. The second kappa shape index (κ2) is 8.97. The number of nitrogens with one attached hydrogen (secondary N) is 2. The number of methoxy groups -OCH3 is 1. The highest BCUT2D eigenvalue weighted by molar-refractivity contribution is 8.00. The molecule has 1 aromatic heterocycles. The van der Waals surface area contributed by atoms with Crippen molar-refractivity contribution in [3.63, 3.8) is 0 Å². The minimum absolute atomic E-state index is 0.0328. The van der Waals surface area contributed by atoms with E-state index in [-0.39, 0.29) is 17.2 Å². The second-order valence-corrected chi connectivity index (χ2v) is 8.69. The van der Waals surface area contributed by atoms with Crippen LogP contribution in [0.15, 0.2) is 23.4 Å². The maximum absolute atomic E-state index is 12.5. The Hall–Kier alpha value is -1.73. The highest BCUT2D eigenvalue weighted by Gasteiger charge is 2.26. The number of ether oxygens (including phenoxy) is 1. The molecule has 0 aliphatic heterocycles. The van der Waals surface area contributed by atoms with E-state index in [9.17, 15) is 4.79 Å². The van der Waals surface area contributed by atoms with E-state index in [0.717, 1.165) is 12.0 Å². The lowest BCUT2D eigenvalue weighted by Gasteiger charge is -2.30. The van der Waals surface area contributed by atoms with E-state index in [1.54, 1.807) is 25.3 Å². The molecule has 1 fully saturated rings. The van der Waals surface area contributed by atoms with Crippen molar-refractivity contribution in [1.29, 1.82) is 0 Å². The molecule has 0 radical (unpaired) electrons. The van der Waals surface area contributed by atoms with E-state index >= 15 is 0 Å². The van der Waals surface area contributed by atoms with E-state index < -0.39 is 0 Å². The van der Waals surface area contributed by atoms with Crippen LogP contribution in [0, 0.1) is 5.92 Å². The molecule has 1 amide bonds. The number of halogens is 1. The van der Waals surface area contributed by atoms with Crippen molar-refractivity contribution in [3.8, 4) is 17.1 Å². The van der Waals surface area contributed by atoms with E-state index in [4.69, 9.17) is 16.3 Å². The lowest BCUT2D eigenvalue weighted by Crippen LogP contribution is -2.44. The van der Waals surface area contributed by atoms with Crippen LogP contribution in [0.25, 0.3) is 11.4 Å². The maximum Gasteiger partial charge on any atom is 0.233 e. The number of H-pyrrole nitrogens is 1. The predicted octanol–water partition coefficient (Wildman–Crippen LogP) is 4.31. The molecule has 1 aromatic carbocycles. The molecule has 6 nitrogen and oxygen atoms in total. The first kappa shape index (κ1) is 20.0. The normalized spacial score (nSPS) is 20.9. The van der Waals surface area contributed by atoms with Crippen LogP contribution in [0.4, 0.5) is 0 Å². The molecule has 2 aromatic rings. The molecule has 2 N–H and O–H groups in total. The van der Waals surface area contributed by atoms with Gasteiger partial charge in [-0.25, -0.2) is 4.98 Å². The monoisotopic (exact) mass is 408 g/mol. The van der Waals surface area contributed by atoms with Crippen molar-refractivity contribution in [2.45, 2.75) is 56.0 Å². The van der Waals surface area contributed by atoms with Crippen LogP contribution in [0.5, 0.6) is 5.75 Å². The highest BCUT2D eigenvalue weighted by Crippen LogP contribution is 2.32. The average Bonchev–Trinajstić information content (AvgIpc) is 3.11. The van der Waals surface area contributed by atoms with Crippen molar-refractivity contribution in [2.75, 3.05) is 7.11 Å². The fourth-order valence-corrected chi connectivity index (χ4v) is 4.23. The van der Waals surface area contributed by atoms with Crippen LogP contribution in [-0.2, 0) is 4.79 Å². The Balaban J connectivity index is 1.65. The van der Waals surface area contributed by atoms with E-state index in [0.29, 0.717) is 27.7 Å². The summed E-state index contributed by atoms with van der Waals surface area (Å²) in [5, 5.41) is 11.2. The van der Waals surface area contributed by atoms with Gasteiger partial charge in [-0.3, -0.25) is 9.89 Å². The maximum atomic E-state index is 12.5. The Bertz CT molecular complexity index is 798. The van der Waals surface area contributed by atoms with Gasteiger partial charge in [0.15, 0.2) is 5.82 Å². The number of aromatic nitrogens is 3. The van der Waals surface area contributed by atoms with Gasteiger partial charge in [0.2, 0.25) is 11.1 Å². The minimum atomic E-state index is -0.274. The molecule has 0 spiro atoms. The molecule has 1 heterocycles. The van der Waals surface area contributed by atoms with Crippen LogP contribution >= 0.6 is 23.4 Å². The number of amides is 1. The Labute approximate surface area is 168 Å². The molecule has 1 saturated carbocycles. The largest absolute Gasteiger partial charge is 0.496 e. The smallest absolute Gasteiger partial charge is 0.233 e. The van der Waals surface area contributed by atoms with Gasteiger partial charge in [-0.05, 0) is 43.9 Å². The lowest BCUT2D eigenvalue weighted by atomic mass is 9.86. The van der Waals surface area contributed by atoms with Gasteiger partial charge < -0.3 is 10.1 Å². The summed E-state index contributed by atoms with van der Waals surface area (Å²) in [5.41, 5.74) is 0.734. The summed E-state index contributed by atoms with van der Waals surface area (Å²) < 4.78 is 5.36. The molecular formula is C19H25ClN4O2S. The summed E-state index contributed by atoms with van der Waals surface area (Å²) >= 11 is 7.42. The van der Waals surface area contributed by atoms with Gasteiger partial charge in [-0.2, -0.15) is 0 Å². The first-order chi connectivity index (χ1) is 13.0. The van der Waals surface area contributed by atoms with Crippen LogP contribution < -0.4 is 10.1 Å². The summed E-state index contributed by atoms with van der Waals surface area (Å²) in [6, 6.07) is 5.59. The van der Waals surface area contributed by atoms with E-state index in [1.165, 1.54) is 31.0 Å². The van der Waals surface area contributed by atoms with Crippen LogP contribution in [-0.4, -0.2) is 39.5 Å². The predicted molar refractivity (Wildman–Crippen MR) is 108 cm³/mol. The third-order valence-electron chi connectivity index (χ3n) is 4.97. The third-order valence-corrected chi connectivity index (χ3v) is 6.17. The summed E-state index contributed by atoms with van der Waals surface area (Å²) in [4.78, 5) is 17.0. The first-order valence-corrected chi connectivity index (χ1v) is 10.5. The Morgan fingerprint density at radius 2 is 2.19 bits per heavy atom. The molecule has 8 heteroatoms. The van der Waals surface area contributed by atoms with Crippen molar-refractivity contribution in [3.05, 3.63) is 23.2 Å². The van der Waals surface area contributed by atoms with Gasteiger partial charge in [0.05, 0.1) is 17.9 Å². The van der Waals surface area contributed by atoms with Crippen LogP contribution in [0.3, 0.4) is 0 Å². The number of thioether (sulfide) groups is 1. The van der Waals surface area contributed by atoms with Gasteiger partial charge in [-0.15, -0.1) is 5.10 Å². The topological polar surface area (TPSA) is 79.9 Å².